The van der Waals surface area contributed by atoms with Gasteiger partial charge in [0.2, 0.25) is 11.6 Å². The molecule has 2 aromatic heterocycles. The summed E-state index contributed by atoms with van der Waals surface area (Å²) in [7, 11) is 0. The molecule has 0 saturated carbocycles. The van der Waals surface area contributed by atoms with Gasteiger partial charge in [-0.05, 0) is 37.1 Å². The molecule has 0 aliphatic carbocycles. The Morgan fingerprint density at radius 3 is 1.25 bits per heavy atom. The van der Waals surface area contributed by atoms with Crippen LogP contribution in [0.2, 0.25) is 0 Å². The smallest absolute Gasteiger partial charge is 0.281 e. The van der Waals surface area contributed by atoms with Gasteiger partial charge in [-0.1, -0.05) is 97.8 Å². The summed E-state index contributed by atoms with van der Waals surface area (Å²) in [6.45, 7) is 0.871. The van der Waals surface area contributed by atoms with Gasteiger partial charge in [-0.15, -0.1) is 0 Å². The third-order valence-electron chi connectivity index (χ3n) is 7.72. The first-order chi connectivity index (χ1) is 21.5. The monoisotopic (exact) mass is 582 g/mol. The Balaban J connectivity index is 1.17. The average Bonchev–Trinajstić information content (AvgIpc) is 3.07. The number of carbonyl (C=O) groups is 2. The molecule has 0 radical (unpaired) electrons. The van der Waals surface area contributed by atoms with Crippen LogP contribution in [0.3, 0.4) is 0 Å². The quantitative estimate of drug-likeness (QED) is 0.141. The molecule has 6 aromatic rings. The van der Waals surface area contributed by atoms with Crippen molar-refractivity contribution in [2.24, 2.45) is 0 Å². The normalized spacial score (nSPS) is 11.2. The molecule has 8 heteroatoms. The minimum Gasteiger partial charge on any atom is -0.305 e. The number of aromatic nitrogens is 4. The van der Waals surface area contributed by atoms with Crippen LogP contribution < -0.4 is 11.1 Å². The van der Waals surface area contributed by atoms with E-state index < -0.39 is 22.7 Å². The van der Waals surface area contributed by atoms with Crippen molar-refractivity contribution < 1.29 is 9.59 Å². The van der Waals surface area contributed by atoms with Crippen LogP contribution in [0.25, 0.3) is 22.1 Å². The third kappa shape index (κ3) is 5.74. The number of ketones is 2. The number of aryl methyl sites for hydroxylation is 2. The summed E-state index contributed by atoms with van der Waals surface area (Å²) in [6, 6.07) is 32.1. The topological polar surface area (TPSA) is 104 Å². The molecule has 0 atom stereocenters. The summed E-state index contributed by atoms with van der Waals surface area (Å²) < 4.78 is 3.28. The second-order valence-corrected chi connectivity index (χ2v) is 10.6. The first-order valence-electron chi connectivity index (χ1n) is 14.7. The van der Waals surface area contributed by atoms with Gasteiger partial charge in [0.05, 0.1) is 22.1 Å². The highest BCUT2D eigenvalue weighted by molar-refractivity contribution is 6.08. The van der Waals surface area contributed by atoms with Crippen LogP contribution in [0, 0.1) is 0 Å². The number of unbranched alkanes of at least 4 members (excludes halogenated alkanes) is 3. The highest BCUT2D eigenvalue weighted by Crippen LogP contribution is 2.16. The van der Waals surface area contributed by atoms with E-state index in [4.69, 9.17) is 0 Å². The Morgan fingerprint density at radius 2 is 0.841 bits per heavy atom. The van der Waals surface area contributed by atoms with E-state index in [-0.39, 0.29) is 11.4 Å². The SMILES string of the molecule is O=C(c1ccccc1)c1nc2ccccc2n(CCCCCCn2c(=O)c(C(=O)c3ccccc3)nc3ccccc32)c1=O. The van der Waals surface area contributed by atoms with E-state index in [0.29, 0.717) is 59.1 Å². The number of fused-ring (bicyclic) bond motifs is 2. The van der Waals surface area contributed by atoms with Crippen molar-refractivity contribution in [3.63, 3.8) is 0 Å². The molecule has 0 amide bonds. The molecule has 0 aliphatic heterocycles. The van der Waals surface area contributed by atoms with Gasteiger partial charge in [0.1, 0.15) is 0 Å². The number of para-hydroxylation sites is 4. The Labute approximate surface area is 253 Å². The van der Waals surface area contributed by atoms with Crippen LogP contribution in [0.15, 0.2) is 119 Å². The van der Waals surface area contributed by atoms with Crippen LogP contribution in [-0.2, 0) is 13.1 Å². The maximum Gasteiger partial charge on any atom is 0.281 e. The lowest BCUT2D eigenvalue weighted by Crippen LogP contribution is -2.29. The zero-order chi connectivity index (χ0) is 30.5. The third-order valence-corrected chi connectivity index (χ3v) is 7.72. The van der Waals surface area contributed by atoms with Crippen molar-refractivity contribution in [2.75, 3.05) is 0 Å². The van der Waals surface area contributed by atoms with Crippen molar-refractivity contribution in [1.82, 2.24) is 19.1 Å². The summed E-state index contributed by atoms with van der Waals surface area (Å²) in [5.41, 5.74) is 2.44. The van der Waals surface area contributed by atoms with E-state index in [2.05, 4.69) is 9.97 Å². The molecule has 4 aromatic carbocycles. The molecule has 0 unspecified atom stereocenters. The maximum atomic E-state index is 13.5. The fourth-order valence-corrected chi connectivity index (χ4v) is 5.47. The average molecular weight is 583 g/mol. The fourth-order valence-electron chi connectivity index (χ4n) is 5.47. The van der Waals surface area contributed by atoms with Crippen molar-refractivity contribution >= 4 is 33.6 Å². The van der Waals surface area contributed by atoms with E-state index in [1.807, 2.05) is 48.5 Å². The highest BCUT2D eigenvalue weighted by Gasteiger charge is 2.20. The number of carbonyl (C=O) groups excluding carboxylic acids is 2. The molecule has 0 saturated heterocycles. The number of rotatable bonds is 11. The number of hydrogen-bond acceptors (Lipinski definition) is 6. The van der Waals surface area contributed by atoms with Crippen LogP contribution in [-0.4, -0.2) is 30.7 Å². The summed E-state index contributed by atoms with van der Waals surface area (Å²) in [6.07, 6.45) is 3.02. The van der Waals surface area contributed by atoms with Crippen molar-refractivity contribution in [2.45, 2.75) is 38.8 Å². The number of nitrogens with zero attached hydrogens (tertiary/aromatic N) is 4. The molecule has 44 heavy (non-hydrogen) atoms. The predicted octanol–water partition coefficient (Wildman–Crippen LogP) is 5.83. The lowest BCUT2D eigenvalue weighted by atomic mass is 10.1. The van der Waals surface area contributed by atoms with Gasteiger partial charge in [0.15, 0.2) is 11.4 Å². The van der Waals surface area contributed by atoms with Gasteiger partial charge >= 0.3 is 0 Å². The maximum absolute atomic E-state index is 13.5. The molecule has 8 nitrogen and oxygen atoms in total. The van der Waals surface area contributed by atoms with E-state index in [9.17, 15) is 19.2 Å². The second-order valence-electron chi connectivity index (χ2n) is 10.6. The summed E-state index contributed by atoms with van der Waals surface area (Å²) in [5, 5.41) is 0. The van der Waals surface area contributed by atoms with Crippen LogP contribution in [0.5, 0.6) is 0 Å². The van der Waals surface area contributed by atoms with E-state index in [1.54, 1.807) is 69.8 Å². The van der Waals surface area contributed by atoms with Gasteiger partial charge in [-0.3, -0.25) is 19.2 Å². The van der Waals surface area contributed by atoms with Gasteiger partial charge in [-0.25, -0.2) is 9.97 Å². The highest BCUT2D eigenvalue weighted by atomic mass is 16.2. The lowest BCUT2D eigenvalue weighted by molar-refractivity contribution is 0.102. The van der Waals surface area contributed by atoms with E-state index in [1.165, 1.54) is 0 Å². The van der Waals surface area contributed by atoms with Gasteiger partial charge in [0, 0.05) is 24.2 Å². The van der Waals surface area contributed by atoms with Crippen LogP contribution in [0.1, 0.15) is 57.8 Å². The molecule has 0 fully saturated rings. The zero-order valence-corrected chi connectivity index (χ0v) is 24.1. The molecule has 0 N–H and O–H groups in total. The minimum absolute atomic E-state index is 0.0836. The first-order valence-corrected chi connectivity index (χ1v) is 14.7. The van der Waals surface area contributed by atoms with Crippen molar-refractivity contribution in [3.05, 3.63) is 152 Å². The Kier molecular flexibility index (Phi) is 8.32. The molecule has 0 bridgehead atoms. The number of hydrogen-bond donors (Lipinski definition) is 0. The van der Waals surface area contributed by atoms with Crippen LogP contribution in [0.4, 0.5) is 0 Å². The van der Waals surface area contributed by atoms with Crippen LogP contribution >= 0.6 is 0 Å². The molecular formula is C36H30N4O4. The van der Waals surface area contributed by atoms with E-state index >= 15 is 0 Å². The van der Waals surface area contributed by atoms with Crippen molar-refractivity contribution in [1.29, 1.82) is 0 Å². The number of benzene rings is 4. The van der Waals surface area contributed by atoms with Gasteiger partial charge < -0.3 is 9.13 Å². The molecular weight excluding hydrogens is 552 g/mol. The Morgan fingerprint density at radius 1 is 0.477 bits per heavy atom. The zero-order valence-electron chi connectivity index (χ0n) is 24.1. The first kappa shape index (κ1) is 28.6. The Bertz CT molecular complexity index is 1950. The molecule has 0 spiro atoms. The largest absolute Gasteiger partial charge is 0.305 e. The fraction of sp³-hybridized carbons (Fsp3) is 0.167. The molecule has 218 valence electrons. The van der Waals surface area contributed by atoms with Gasteiger partial charge in [0.25, 0.3) is 11.1 Å². The van der Waals surface area contributed by atoms with Gasteiger partial charge in [-0.2, -0.15) is 0 Å². The Hall–Kier alpha value is -5.50. The molecule has 6 rings (SSSR count). The molecule has 2 heterocycles. The summed E-state index contributed by atoms with van der Waals surface area (Å²) >= 11 is 0. The lowest BCUT2D eigenvalue weighted by Gasteiger charge is -2.13. The summed E-state index contributed by atoms with van der Waals surface area (Å²) in [5.74, 6) is -0.787. The minimum atomic E-state index is -0.400. The van der Waals surface area contributed by atoms with E-state index in [0.717, 1.165) is 12.8 Å². The molecule has 0 aliphatic rings. The summed E-state index contributed by atoms with van der Waals surface area (Å²) in [4.78, 5) is 62.1. The predicted molar refractivity (Wildman–Crippen MR) is 170 cm³/mol. The van der Waals surface area contributed by atoms with Crippen molar-refractivity contribution in [3.8, 4) is 0 Å². The second kappa shape index (κ2) is 12.8. The standard InChI is InChI=1S/C36H30N4O4/c41-33(25-15-5-3-6-16-25)31-35(43)39(29-21-11-9-19-27(29)37-31)23-13-1-2-14-24-40-30-22-12-10-20-28(30)38-32(36(40)44)34(42)26-17-7-4-8-18-26/h3-12,15-22H,1-2,13-14,23-24H2.